The number of nitrogens with one attached hydrogen (secondary N) is 2. The number of rotatable bonds is 6. The van der Waals surface area contributed by atoms with E-state index in [9.17, 15) is 18.0 Å². The molecule has 30 heavy (non-hydrogen) atoms. The number of anilines is 1. The molecule has 156 valence electrons. The number of hydrogen-bond acceptors (Lipinski definition) is 4. The van der Waals surface area contributed by atoms with Gasteiger partial charge in [0.2, 0.25) is 5.88 Å². The molecule has 3 aromatic rings. The second-order valence-corrected chi connectivity index (χ2v) is 6.45. The van der Waals surface area contributed by atoms with Crippen molar-refractivity contribution in [3.8, 4) is 17.1 Å². The van der Waals surface area contributed by atoms with E-state index in [0.29, 0.717) is 5.69 Å². The predicted octanol–water partition coefficient (Wildman–Crippen LogP) is 5.02. The average molecular weight is 437 g/mol. The number of carbonyl (C=O) groups excluding carboxylic acids is 1. The molecule has 0 saturated carbocycles. The van der Waals surface area contributed by atoms with Gasteiger partial charge in [0, 0.05) is 11.6 Å². The van der Waals surface area contributed by atoms with Crippen LogP contribution in [0.3, 0.4) is 0 Å². The fourth-order valence-electron chi connectivity index (χ4n) is 2.44. The molecule has 0 fully saturated rings. The molecule has 0 aliphatic heterocycles. The van der Waals surface area contributed by atoms with Crippen molar-refractivity contribution in [2.45, 2.75) is 6.18 Å². The summed E-state index contributed by atoms with van der Waals surface area (Å²) < 4.78 is 43.7. The van der Waals surface area contributed by atoms with E-state index >= 15 is 0 Å². The van der Waals surface area contributed by atoms with Crippen LogP contribution in [0.25, 0.3) is 11.3 Å². The number of carbonyl (C=O) groups is 1. The molecule has 1 aromatic heterocycles. The topological polar surface area (TPSA) is 76.1 Å². The number of urea groups is 1. The quantitative estimate of drug-likeness (QED) is 0.532. The smallest absolute Gasteiger partial charge is 0.416 e. The Morgan fingerprint density at radius 3 is 2.47 bits per heavy atom. The number of aromatic nitrogens is 2. The first-order valence-electron chi connectivity index (χ1n) is 8.76. The normalized spacial score (nSPS) is 11.1. The van der Waals surface area contributed by atoms with Crippen molar-refractivity contribution in [3.05, 3.63) is 71.2 Å². The lowest BCUT2D eigenvalue weighted by molar-refractivity contribution is -0.137. The molecule has 0 bridgehead atoms. The van der Waals surface area contributed by atoms with Gasteiger partial charge in [-0.05, 0) is 24.3 Å². The highest BCUT2D eigenvalue weighted by Crippen LogP contribution is 2.33. The van der Waals surface area contributed by atoms with E-state index in [0.717, 1.165) is 23.8 Å². The molecule has 0 aliphatic carbocycles. The Bertz CT molecular complexity index is 999. The van der Waals surface area contributed by atoms with Gasteiger partial charge in [-0.15, -0.1) is 10.2 Å². The van der Waals surface area contributed by atoms with Crippen molar-refractivity contribution in [3.63, 3.8) is 0 Å². The van der Waals surface area contributed by atoms with E-state index in [2.05, 4.69) is 20.8 Å². The third-order valence-electron chi connectivity index (χ3n) is 3.89. The Hall–Kier alpha value is -3.33. The molecular weight excluding hydrogens is 421 g/mol. The first kappa shape index (κ1) is 21.4. The summed E-state index contributed by atoms with van der Waals surface area (Å²) in [5.41, 5.74) is 0.553. The van der Waals surface area contributed by atoms with Crippen LogP contribution >= 0.6 is 11.6 Å². The Morgan fingerprint density at radius 2 is 1.80 bits per heavy atom. The second-order valence-electron chi connectivity index (χ2n) is 6.04. The average Bonchev–Trinajstić information content (AvgIpc) is 2.73. The highest BCUT2D eigenvalue weighted by molar-refractivity contribution is 6.33. The Morgan fingerprint density at radius 1 is 1.03 bits per heavy atom. The molecule has 10 heteroatoms. The van der Waals surface area contributed by atoms with E-state index in [1.54, 1.807) is 12.1 Å². The summed E-state index contributed by atoms with van der Waals surface area (Å²) in [5, 5.41) is 12.8. The number of hydrogen-bond donors (Lipinski definition) is 2. The zero-order valence-corrected chi connectivity index (χ0v) is 16.2. The van der Waals surface area contributed by atoms with Crippen LogP contribution in [0, 0.1) is 0 Å². The van der Waals surface area contributed by atoms with Crippen LogP contribution < -0.4 is 15.4 Å². The molecule has 0 radical (unpaired) electrons. The molecule has 3 rings (SSSR count). The molecule has 2 N–H and O–H groups in total. The summed E-state index contributed by atoms with van der Waals surface area (Å²) in [6.07, 6.45) is -4.54. The Kier molecular flexibility index (Phi) is 6.73. The first-order chi connectivity index (χ1) is 14.3. The fraction of sp³-hybridized carbons (Fsp3) is 0.150. The largest absolute Gasteiger partial charge is 0.475 e. The lowest BCUT2D eigenvalue weighted by Crippen LogP contribution is -2.32. The molecule has 0 atom stereocenters. The second kappa shape index (κ2) is 9.45. The van der Waals surface area contributed by atoms with Crippen LogP contribution in [0.15, 0.2) is 60.7 Å². The molecule has 0 spiro atoms. The standard InChI is InChI=1S/C20H16ClF3N4O2/c21-15-7-6-14(20(22,23)24)12-17(15)26-19(29)25-10-11-30-18-9-8-16(27-28-18)13-4-2-1-3-5-13/h1-9,12H,10-11H2,(H2,25,26,29). The van der Waals surface area contributed by atoms with Gasteiger partial charge in [0.1, 0.15) is 6.61 Å². The number of amides is 2. The van der Waals surface area contributed by atoms with Crippen molar-refractivity contribution in [1.29, 1.82) is 0 Å². The van der Waals surface area contributed by atoms with E-state index in [1.165, 1.54) is 0 Å². The number of ether oxygens (including phenoxy) is 1. The van der Waals surface area contributed by atoms with Gasteiger partial charge in [0.05, 0.1) is 28.5 Å². The van der Waals surface area contributed by atoms with Crippen molar-refractivity contribution in [1.82, 2.24) is 15.5 Å². The Labute approximate surface area is 175 Å². The lowest BCUT2D eigenvalue weighted by Gasteiger charge is -2.12. The van der Waals surface area contributed by atoms with E-state index in [1.807, 2.05) is 30.3 Å². The van der Waals surface area contributed by atoms with Gasteiger partial charge in [-0.25, -0.2) is 4.79 Å². The number of alkyl halides is 3. The van der Waals surface area contributed by atoms with Crippen LogP contribution in [0.1, 0.15) is 5.56 Å². The molecule has 2 aromatic carbocycles. The summed E-state index contributed by atoms with van der Waals surface area (Å²) in [6.45, 7) is 0.174. The molecule has 0 saturated heterocycles. The fourth-order valence-corrected chi connectivity index (χ4v) is 2.61. The summed E-state index contributed by atoms with van der Waals surface area (Å²) in [5.74, 6) is 0.276. The lowest BCUT2D eigenvalue weighted by atomic mass is 10.1. The van der Waals surface area contributed by atoms with Gasteiger partial charge in [-0.1, -0.05) is 41.9 Å². The van der Waals surface area contributed by atoms with Crippen molar-refractivity contribution < 1.29 is 22.7 Å². The first-order valence-corrected chi connectivity index (χ1v) is 9.14. The van der Waals surface area contributed by atoms with Gasteiger partial charge >= 0.3 is 12.2 Å². The maximum Gasteiger partial charge on any atom is 0.416 e. The van der Waals surface area contributed by atoms with Gasteiger partial charge in [0.25, 0.3) is 0 Å². The molecule has 1 heterocycles. The molecule has 0 aliphatic rings. The molecule has 2 amide bonds. The van der Waals surface area contributed by atoms with E-state index in [-0.39, 0.29) is 29.7 Å². The number of nitrogens with zero attached hydrogens (tertiary/aromatic N) is 2. The van der Waals surface area contributed by atoms with Crippen LogP contribution in [0.2, 0.25) is 5.02 Å². The van der Waals surface area contributed by atoms with Crippen LogP contribution in [0.4, 0.5) is 23.7 Å². The summed E-state index contributed by atoms with van der Waals surface area (Å²) >= 11 is 5.84. The molecule has 6 nitrogen and oxygen atoms in total. The maximum atomic E-state index is 12.8. The van der Waals surface area contributed by atoms with Gasteiger partial charge in [-0.3, -0.25) is 0 Å². The number of benzene rings is 2. The zero-order valence-electron chi connectivity index (χ0n) is 15.4. The predicted molar refractivity (Wildman–Crippen MR) is 106 cm³/mol. The molecule has 0 unspecified atom stereocenters. The highest BCUT2D eigenvalue weighted by atomic mass is 35.5. The Balaban J connectivity index is 1.46. The van der Waals surface area contributed by atoms with Crippen LogP contribution in [-0.4, -0.2) is 29.4 Å². The minimum atomic E-state index is -4.54. The van der Waals surface area contributed by atoms with E-state index < -0.39 is 17.8 Å². The highest BCUT2D eigenvalue weighted by Gasteiger charge is 2.31. The summed E-state index contributed by atoms with van der Waals surface area (Å²) in [7, 11) is 0. The van der Waals surface area contributed by atoms with E-state index in [4.69, 9.17) is 16.3 Å². The van der Waals surface area contributed by atoms with Crippen molar-refractivity contribution in [2.75, 3.05) is 18.5 Å². The van der Waals surface area contributed by atoms with Crippen LogP contribution in [-0.2, 0) is 6.18 Å². The minimum Gasteiger partial charge on any atom is -0.475 e. The third-order valence-corrected chi connectivity index (χ3v) is 4.22. The third kappa shape index (κ3) is 5.84. The monoisotopic (exact) mass is 436 g/mol. The van der Waals surface area contributed by atoms with Gasteiger partial charge < -0.3 is 15.4 Å². The van der Waals surface area contributed by atoms with Crippen molar-refractivity contribution >= 4 is 23.3 Å². The molecular formula is C20H16ClF3N4O2. The van der Waals surface area contributed by atoms with Crippen molar-refractivity contribution in [2.24, 2.45) is 0 Å². The maximum absolute atomic E-state index is 12.8. The van der Waals surface area contributed by atoms with Crippen LogP contribution in [0.5, 0.6) is 5.88 Å². The zero-order chi connectivity index (χ0) is 21.6. The SMILES string of the molecule is O=C(NCCOc1ccc(-c2ccccc2)nn1)Nc1cc(C(F)(F)F)ccc1Cl. The summed E-state index contributed by atoms with van der Waals surface area (Å²) in [4.78, 5) is 11.9. The van der Waals surface area contributed by atoms with Gasteiger partial charge in [0.15, 0.2) is 0 Å². The van der Waals surface area contributed by atoms with Gasteiger partial charge in [-0.2, -0.15) is 13.2 Å². The summed E-state index contributed by atoms with van der Waals surface area (Å²) in [6, 6.07) is 14.9. The minimum absolute atomic E-state index is 0.0109. The number of halogens is 4.